The summed E-state index contributed by atoms with van der Waals surface area (Å²) >= 11 is 0. The molecule has 0 saturated heterocycles. The van der Waals surface area contributed by atoms with Crippen LogP contribution in [0.2, 0.25) is 0 Å². The van der Waals surface area contributed by atoms with Crippen molar-refractivity contribution in [1.82, 2.24) is 5.32 Å². The Kier molecular flexibility index (Phi) is 13.3. The minimum Gasteiger partial charge on any atom is -0.494 e. The van der Waals surface area contributed by atoms with Gasteiger partial charge in [0.05, 0.1) is 19.6 Å². The molecule has 34 heavy (non-hydrogen) atoms. The lowest BCUT2D eigenvalue weighted by Crippen LogP contribution is -2.25. The van der Waals surface area contributed by atoms with Crippen molar-refractivity contribution < 1.29 is 24.2 Å². The minimum absolute atomic E-state index is 0.0717. The average Bonchev–Trinajstić information content (AvgIpc) is 2.84. The standard InChI is InChI=1S/C28H39NO5/c1-2-3-8-21-33-25-15-17-26(18-16-25)34-22-9-6-4-5-7-10-23-11-13-24(14-12-23)28(32)29-20-19-27(30)31/h11-18H,2-10,19-22H2,1H3,(H,29,32)(H,30,31). The van der Waals surface area contributed by atoms with Crippen molar-refractivity contribution in [2.45, 2.75) is 71.1 Å². The zero-order valence-corrected chi connectivity index (χ0v) is 20.4. The highest BCUT2D eigenvalue weighted by atomic mass is 16.5. The van der Waals surface area contributed by atoms with E-state index in [0.717, 1.165) is 56.8 Å². The summed E-state index contributed by atoms with van der Waals surface area (Å²) in [5, 5.41) is 11.2. The fourth-order valence-electron chi connectivity index (χ4n) is 3.53. The SMILES string of the molecule is CCCCCOc1ccc(OCCCCCCCc2ccc(C(=O)NCCC(=O)O)cc2)cc1. The Bertz CT molecular complexity index is 833. The molecular formula is C28H39NO5. The molecule has 0 heterocycles. The van der Waals surface area contributed by atoms with Gasteiger partial charge in [-0.15, -0.1) is 0 Å². The number of aryl methyl sites for hydroxylation is 1. The number of carboxylic acid groups (broad SMARTS) is 1. The number of amides is 1. The monoisotopic (exact) mass is 469 g/mol. The van der Waals surface area contributed by atoms with Crippen LogP contribution in [0.15, 0.2) is 48.5 Å². The van der Waals surface area contributed by atoms with E-state index in [4.69, 9.17) is 14.6 Å². The summed E-state index contributed by atoms with van der Waals surface area (Å²) in [5.74, 6) is 0.635. The third-order valence-electron chi connectivity index (χ3n) is 5.56. The molecule has 0 bridgehead atoms. The summed E-state index contributed by atoms with van der Waals surface area (Å²) < 4.78 is 11.6. The number of carbonyl (C=O) groups excluding carboxylic acids is 1. The molecular weight excluding hydrogens is 430 g/mol. The van der Waals surface area contributed by atoms with Crippen LogP contribution < -0.4 is 14.8 Å². The molecule has 2 aromatic rings. The van der Waals surface area contributed by atoms with E-state index in [1.54, 1.807) is 12.1 Å². The van der Waals surface area contributed by atoms with Crippen molar-refractivity contribution >= 4 is 11.9 Å². The van der Waals surface area contributed by atoms with Crippen molar-refractivity contribution in [2.75, 3.05) is 19.8 Å². The molecule has 186 valence electrons. The molecule has 6 nitrogen and oxygen atoms in total. The number of aliphatic carboxylic acids is 1. The average molecular weight is 470 g/mol. The van der Waals surface area contributed by atoms with Crippen LogP contribution in [0.3, 0.4) is 0 Å². The van der Waals surface area contributed by atoms with E-state index >= 15 is 0 Å². The van der Waals surface area contributed by atoms with Gasteiger partial charge in [-0.05, 0) is 67.6 Å². The molecule has 0 spiro atoms. The zero-order valence-electron chi connectivity index (χ0n) is 20.4. The van der Waals surface area contributed by atoms with E-state index in [9.17, 15) is 9.59 Å². The Morgan fingerprint density at radius 1 is 0.765 bits per heavy atom. The van der Waals surface area contributed by atoms with Crippen LogP contribution in [-0.2, 0) is 11.2 Å². The fourth-order valence-corrected chi connectivity index (χ4v) is 3.53. The second-order valence-corrected chi connectivity index (χ2v) is 8.49. The third kappa shape index (κ3) is 11.7. The van der Waals surface area contributed by atoms with Gasteiger partial charge in [-0.3, -0.25) is 9.59 Å². The van der Waals surface area contributed by atoms with Gasteiger partial charge in [0.2, 0.25) is 0 Å². The van der Waals surface area contributed by atoms with Crippen LogP contribution in [0.5, 0.6) is 11.5 Å². The summed E-state index contributed by atoms with van der Waals surface area (Å²) in [6.45, 7) is 3.83. The molecule has 0 aromatic heterocycles. The summed E-state index contributed by atoms with van der Waals surface area (Å²) in [6.07, 6.45) is 10.1. The molecule has 2 N–H and O–H groups in total. The van der Waals surface area contributed by atoms with Crippen molar-refractivity contribution in [3.05, 3.63) is 59.7 Å². The van der Waals surface area contributed by atoms with Gasteiger partial charge in [0.25, 0.3) is 5.91 Å². The maximum absolute atomic E-state index is 12.0. The smallest absolute Gasteiger partial charge is 0.305 e. The number of nitrogens with one attached hydrogen (secondary N) is 1. The minimum atomic E-state index is -0.920. The fraction of sp³-hybridized carbons (Fsp3) is 0.500. The van der Waals surface area contributed by atoms with E-state index in [0.29, 0.717) is 5.56 Å². The Morgan fingerprint density at radius 3 is 1.91 bits per heavy atom. The Hall–Kier alpha value is -3.02. The zero-order chi connectivity index (χ0) is 24.4. The van der Waals surface area contributed by atoms with E-state index < -0.39 is 5.97 Å². The predicted molar refractivity (Wildman–Crippen MR) is 135 cm³/mol. The first-order valence-corrected chi connectivity index (χ1v) is 12.5. The van der Waals surface area contributed by atoms with Crippen LogP contribution in [0.4, 0.5) is 0 Å². The molecule has 0 saturated carbocycles. The van der Waals surface area contributed by atoms with E-state index in [2.05, 4.69) is 12.2 Å². The highest BCUT2D eigenvalue weighted by Gasteiger charge is 2.06. The first-order chi connectivity index (χ1) is 16.6. The largest absolute Gasteiger partial charge is 0.494 e. The summed E-state index contributed by atoms with van der Waals surface area (Å²) in [5.41, 5.74) is 1.77. The van der Waals surface area contributed by atoms with Gasteiger partial charge >= 0.3 is 5.97 Å². The quantitative estimate of drug-likeness (QED) is 0.260. The molecule has 6 heteroatoms. The van der Waals surface area contributed by atoms with E-state index in [-0.39, 0.29) is 18.9 Å². The number of hydrogen-bond acceptors (Lipinski definition) is 4. The van der Waals surface area contributed by atoms with Gasteiger partial charge in [0, 0.05) is 12.1 Å². The van der Waals surface area contributed by atoms with Gasteiger partial charge in [-0.2, -0.15) is 0 Å². The summed E-state index contributed by atoms with van der Waals surface area (Å²) in [6, 6.07) is 15.4. The number of hydrogen-bond donors (Lipinski definition) is 2. The second-order valence-electron chi connectivity index (χ2n) is 8.49. The van der Waals surface area contributed by atoms with E-state index in [1.165, 1.54) is 31.2 Å². The van der Waals surface area contributed by atoms with Crippen molar-refractivity contribution in [3.63, 3.8) is 0 Å². The summed E-state index contributed by atoms with van der Waals surface area (Å²) in [7, 11) is 0. The predicted octanol–water partition coefficient (Wildman–Crippen LogP) is 6.03. The van der Waals surface area contributed by atoms with Gasteiger partial charge in [0.1, 0.15) is 11.5 Å². The lowest BCUT2D eigenvalue weighted by Gasteiger charge is -2.09. The highest BCUT2D eigenvalue weighted by Crippen LogP contribution is 2.18. The molecule has 0 fully saturated rings. The second kappa shape index (κ2) is 16.6. The molecule has 0 aliphatic rings. The summed E-state index contributed by atoms with van der Waals surface area (Å²) in [4.78, 5) is 22.5. The molecule has 0 unspecified atom stereocenters. The number of ether oxygens (including phenoxy) is 2. The van der Waals surface area contributed by atoms with Crippen LogP contribution in [0.25, 0.3) is 0 Å². The van der Waals surface area contributed by atoms with Crippen LogP contribution in [0, 0.1) is 0 Å². The Morgan fingerprint density at radius 2 is 1.32 bits per heavy atom. The molecule has 2 aromatic carbocycles. The lowest BCUT2D eigenvalue weighted by atomic mass is 10.0. The molecule has 0 aliphatic heterocycles. The van der Waals surface area contributed by atoms with Crippen LogP contribution >= 0.6 is 0 Å². The van der Waals surface area contributed by atoms with Crippen LogP contribution in [0.1, 0.15) is 80.6 Å². The highest BCUT2D eigenvalue weighted by molar-refractivity contribution is 5.94. The number of carboxylic acids is 1. The van der Waals surface area contributed by atoms with Gasteiger partial charge in [-0.1, -0.05) is 51.2 Å². The third-order valence-corrected chi connectivity index (χ3v) is 5.56. The first-order valence-electron chi connectivity index (χ1n) is 12.5. The molecule has 0 radical (unpaired) electrons. The van der Waals surface area contributed by atoms with Gasteiger partial charge in [-0.25, -0.2) is 0 Å². The van der Waals surface area contributed by atoms with Gasteiger partial charge in [0.15, 0.2) is 0 Å². The topological polar surface area (TPSA) is 84.9 Å². The number of unbranched alkanes of at least 4 members (excludes halogenated alkanes) is 6. The molecule has 2 rings (SSSR count). The first kappa shape index (κ1) is 27.2. The number of benzene rings is 2. The Labute approximate surface area is 203 Å². The van der Waals surface area contributed by atoms with Crippen molar-refractivity contribution in [3.8, 4) is 11.5 Å². The maximum atomic E-state index is 12.0. The van der Waals surface area contributed by atoms with Crippen molar-refractivity contribution in [1.29, 1.82) is 0 Å². The van der Waals surface area contributed by atoms with Crippen LogP contribution in [-0.4, -0.2) is 36.7 Å². The Balaban J connectivity index is 1.50. The van der Waals surface area contributed by atoms with Crippen molar-refractivity contribution in [2.24, 2.45) is 0 Å². The lowest BCUT2D eigenvalue weighted by molar-refractivity contribution is -0.136. The van der Waals surface area contributed by atoms with Gasteiger partial charge < -0.3 is 19.9 Å². The van der Waals surface area contributed by atoms with E-state index in [1.807, 2.05) is 36.4 Å². The molecule has 1 amide bonds. The maximum Gasteiger partial charge on any atom is 0.305 e. The molecule has 0 atom stereocenters. The number of rotatable bonds is 18. The number of carbonyl (C=O) groups is 2. The molecule has 0 aliphatic carbocycles. The normalized spacial score (nSPS) is 10.6.